The molecule has 0 aromatic heterocycles. The Morgan fingerprint density at radius 2 is 1.91 bits per heavy atom. The lowest BCUT2D eigenvalue weighted by molar-refractivity contribution is -0.141. The lowest BCUT2D eigenvalue weighted by Crippen LogP contribution is -2.25. The Morgan fingerprint density at radius 1 is 1.13 bits per heavy atom. The minimum Gasteiger partial charge on any atom is -0.465 e. The summed E-state index contributed by atoms with van der Waals surface area (Å²) in [6, 6.07) is 16.7. The van der Waals surface area contributed by atoms with Crippen molar-refractivity contribution in [2.45, 2.75) is 12.2 Å². The fraction of sp³-hybridized carbons (Fsp3) is 0.150. The standard InChI is InChI=1S/C20H16O2S/c1-2-22-20(21)18-12-17-15-9-5-3-7-13(15)11-14-8-4-6-10-16(14)19(17)23-18/h3-12,18H,2H2,1H3. The van der Waals surface area contributed by atoms with Gasteiger partial charge in [-0.2, -0.15) is 0 Å². The van der Waals surface area contributed by atoms with Gasteiger partial charge in [0, 0.05) is 4.91 Å². The summed E-state index contributed by atoms with van der Waals surface area (Å²) >= 11 is 1.59. The van der Waals surface area contributed by atoms with Crippen molar-refractivity contribution in [3.8, 4) is 0 Å². The number of hydrogen-bond acceptors (Lipinski definition) is 3. The summed E-state index contributed by atoms with van der Waals surface area (Å²) in [7, 11) is 0. The van der Waals surface area contributed by atoms with E-state index >= 15 is 0 Å². The van der Waals surface area contributed by atoms with E-state index in [1.54, 1.807) is 11.8 Å². The van der Waals surface area contributed by atoms with Crippen LogP contribution in [0.2, 0.25) is 0 Å². The molecule has 1 heterocycles. The highest BCUT2D eigenvalue weighted by Crippen LogP contribution is 2.44. The van der Waals surface area contributed by atoms with Crippen LogP contribution in [0.3, 0.4) is 0 Å². The van der Waals surface area contributed by atoms with Crippen LogP contribution in [-0.2, 0) is 9.53 Å². The molecule has 2 aromatic carbocycles. The number of ether oxygens (including phenoxy) is 1. The molecule has 0 radical (unpaired) electrons. The maximum atomic E-state index is 12.2. The van der Waals surface area contributed by atoms with Gasteiger partial charge in [0.05, 0.1) is 6.61 Å². The molecule has 1 aliphatic heterocycles. The fourth-order valence-electron chi connectivity index (χ4n) is 3.08. The molecule has 1 aliphatic carbocycles. The number of rotatable bonds is 2. The Labute approximate surface area is 139 Å². The van der Waals surface area contributed by atoms with E-state index in [0.29, 0.717) is 6.61 Å². The lowest BCUT2D eigenvalue weighted by atomic mass is 9.99. The van der Waals surface area contributed by atoms with Gasteiger partial charge in [0.2, 0.25) is 0 Å². The number of hydrogen-bond donors (Lipinski definition) is 0. The Balaban J connectivity index is 1.98. The average Bonchev–Trinajstić information content (AvgIpc) is 2.96. The third-order valence-electron chi connectivity index (χ3n) is 4.09. The molecule has 23 heavy (non-hydrogen) atoms. The first-order valence-electron chi connectivity index (χ1n) is 7.74. The van der Waals surface area contributed by atoms with E-state index in [-0.39, 0.29) is 11.2 Å². The molecule has 2 aromatic rings. The quantitative estimate of drug-likeness (QED) is 0.796. The van der Waals surface area contributed by atoms with Crippen LogP contribution in [-0.4, -0.2) is 17.8 Å². The largest absolute Gasteiger partial charge is 0.465 e. The van der Waals surface area contributed by atoms with Gasteiger partial charge in [0.15, 0.2) is 0 Å². The van der Waals surface area contributed by atoms with E-state index in [1.165, 1.54) is 26.5 Å². The summed E-state index contributed by atoms with van der Waals surface area (Å²) in [6.45, 7) is 2.25. The lowest BCUT2D eigenvalue weighted by Gasteiger charge is -2.07. The molecule has 114 valence electrons. The molecule has 0 spiro atoms. The van der Waals surface area contributed by atoms with E-state index in [9.17, 15) is 4.79 Å². The average molecular weight is 320 g/mol. The highest BCUT2D eigenvalue weighted by atomic mass is 32.2. The van der Waals surface area contributed by atoms with Crippen molar-refractivity contribution in [2.75, 3.05) is 6.61 Å². The second-order valence-corrected chi connectivity index (χ2v) is 6.67. The van der Waals surface area contributed by atoms with Gasteiger partial charge < -0.3 is 4.74 Å². The van der Waals surface area contributed by atoms with Gasteiger partial charge in [-0.3, -0.25) is 4.79 Å². The van der Waals surface area contributed by atoms with Crippen molar-refractivity contribution < 1.29 is 9.53 Å². The summed E-state index contributed by atoms with van der Waals surface area (Å²) in [6.07, 6.45) is 4.27. The van der Waals surface area contributed by atoms with Gasteiger partial charge in [0.1, 0.15) is 5.25 Å². The predicted molar refractivity (Wildman–Crippen MR) is 95.1 cm³/mol. The van der Waals surface area contributed by atoms with Crippen LogP contribution in [0.25, 0.3) is 16.6 Å². The summed E-state index contributed by atoms with van der Waals surface area (Å²) in [5.41, 5.74) is 3.51. The molecule has 4 rings (SSSR count). The molecule has 0 saturated heterocycles. The third-order valence-corrected chi connectivity index (χ3v) is 5.35. The van der Waals surface area contributed by atoms with Gasteiger partial charge in [-0.1, -0.05) is 54.6 Å². The minimum atomic E-state index is -0.265. The third kappa shape index (κ3) is 2.41. The molecule has 0 amide bonds. The molecular weight excluding hydrogens is 304 g/mol. The highest BCUT2D eigenvalue weighted by Gasteiger charge is 2.31. The Hall–Kier alpha value is -2.26. The summed E-state index contributed by atoms with van der Waals surface area (Å²) in [5.74, 6) is -0.162. The summed E-state index contributed by atoms with van der Waals surface area (Å²) in [5, 5.41) is 2.11. The van der Waals surface area contributed by atoms with E-state index < -0.39 is 0 Å². The second-order valence-electron chi connectivity index (χ2n) is 5.52. The van der Waals surface area contributed by atoms with Crippen molar-refractivity contribution in [3.63, 3.8) is 0 Å². The van der Waals surface area contributed by atoms with Gasteiger partial charge in [-0.25, -0.2) is 0 Å². The molecule has 1 atom stereocenters. The molecule has 0 N–H and O–H groups in total. The van der Waals surface area contributed by atoms with Crippen LogP contribution < -0.4 is 10.4 Å². The van der Waals surface area contributed by atoms with Gasteiger partial charge in [0.25, 0.3) is 0 Å². The van der Waals surface area contributed by atoms with Crippen molar-refractivity contribution >= 4 is 34.3 Å². The van der Waals surface area contributed by atoms with E-state index in [1.807, 2.05) is 25.1 Å². The number of benzene rings is 2. The molecule has 0 fully saturated rings. The SMILES string of the molecule is CCOC(=O)C1C=C2C(=c3ccccc3=Cc3ccccc32)S1. The number of esters is 1. The first-order valence-corrected chi connectivity index (χ1v) is 8.62. The Morgan fingerprint density at radius 3 is 2.78 bits per heavy atom. The molecule has 1 unspecified atom stereocenters. The van der Waals surface area contributed by atoms with Gasteiger partial charge in [-0.05, 0) is 40.1 Å². The van der Waals surface area contributed by atoms with Gasteiger partial charge >= 0.3 is 5.97 Å². The minimum absolute atomic E-state index is 0.162. The van der Waals surface area contributed by atoms with E-state index in [4.69, 9.17) is 4.74 Å². The van der Waals surface area contributed by atoms with Crippen LogP contribution in [0.1, 0.15) is 18.1 Å². The second kappa shape index (κ2) is 5.74. The molecule has 0 saturated carbocycles. The smallest absolute Gasteiger partial charge is 0.323 e. The Kier molecular flexibility index (Phi) is 3.58. The van der Waals surface area contributed by atoms with Crippen LogP contribution >= 0.6 is 11.8 Å². The van der Waals surface area contributed by atoms with Crippen LogP contribution in [0.4, 0.5) is 0 Å². The summed E-state index contributed by atoms with van der Waals surface area (Å²) < 4.78 is 5.21. The van der Waals surface area contributed by atoms with Crippen LogP contribution in [0.15, 0.2) is 54.6 Å². The maximum absolute atomic E-state index is 12.2. The van der Waals surface area contributed by atoms with Crippen molar-refractivity contribution in [1.29, 1.82) is 0 Å². The number of carbonyl (C=O) groups excluding carboxylic acids is 1. The van der Waals surface area contributed by atoms with Crippen LogP contribution in [0, 0.1) is 0 Å². The first-order chi connectivity index (χ1) is 11.3. The molecule has 3 heteroatoms. The van der Waals surface area contributed by atoms with E-state index in [2.05, 4.69) is 42.5 Å². The zero-order valence-electron chi connectivity index (χ0n) is 12.8. The number of thioether (sulfide) groups is 1. The molecule has 0 bridgehead atoms. The molecular formula is C20H16O2S. The van der Waals surface area contributed by atoms with Crippen LogP contribution in [0.5, 0.6) is 0 Å². The number of carbonyl (C=O) groups is 1. The van der Waals surface area contributed by atoms with Crippen molar-refractivity contribution in [3.05, 3.63) is 76.2 Å². The van der Waals surface area contributed by atoms with Crippen molar-refractivity contribution in [2.24, 2.45) is 0 Å². The topological polar surface area (TPSA) is 26.3 Å². The maximum Gasteiger partial charge on any atom is 0.323 e. The normalized spacial score (nSPS) is 18.0. The fourth-order valence-corrected chi connectivity index (χ4v) is 4.32. The molecule has 2 nitrogen and oxygen atoms in total. The van der Waals surface area contributed by atoms with E-state index in [0.717, 1.165) is 5.57 Å². The Bertz CT molecular complexity index is 940. The number of fused-ring (bicyclic) bond motifs is 4. The zero-order chi connectivity index (χ0) is 15.8. The van der Waals surface area contributed by atoms with Gasteiger partial charge in [-0.15, -0.1) is 11.8 Å². The molecule has 2 aliphatic rings. The first kappa shape index (κ1) is 14.3. The van der Waals surface area contributed by atoms with Crippen molar-refractivity contribution in [1.82, 2.24) is 0 Å². The summed E-state index contributed by atoms with van der Waals surface area (Å²) in [4.78, 5) is 13.4. The zero-order valence-corrected chi connectivity index (χ0v) is 13.6. The predicted octanol–water partition coefficient (Wildman–Crippen LogP) is 2.70. The monoisotopic (exact) mass is 320 g/mol. The highest BCUT2D eigenvalue weighted by molar-refractivity contribution is 8.10.